The fourth-order valence-electron chi connectivity index (χ4n) is 3.39. The SMILES string of the molecule is O=C(OCC1OC(n2ccc(=O)[nH]c2=O)CC1OC(=O)c1ccccc1)c1ccccc1. The van der Waals surface area contributed by atoms with Crippen LogP contribution in [0.4, 0.5) is 0 Å². The minimum absolute atomic E-state index is 0.137. The minimum atomic E-state index is -0.812. The lowest BCUT2D eigenvalue weighted by atomic mass is 10.1. The highest BCUT2D eigenvalue weighted by atomic mass is 16.6. The molecule has 2 aromatic carbocycles. The smallest absolute Gasteiger partial charge is 0.338 e. The van der Waals surface area contributed by atoms with Gasteiger partial charge in [-0.05, 0) is 24.3 Å². The Hall–Kier alpha value is -3.98. The second-order valence-electron chi connectivity index (χ2n) is 7.16. The zero-order valence-corrected chi connectivity index (χ0v) is 16.9. The van der Waals surface area contributed by atoms with Crippen LogP contribution in [0, 0.1) is 0 Å². The molecule has 1 fully saturated rings. The van der Waals surface area contributed by atoms with Crippen LogP contribution in [0.3, 0.4) is 0 Å². The van der Waals surface area contributed by atoms with Crippen molar-refractivity contribution >= 4 is 11.9 Å². The topological polar surface area (TPSA) is 117 Å². The number of H-pyrrole nitrogens is 1. The molecule has 1 aliphatic rings. The van der Waals surface area contributed by atoms with Crippen LogP contribution in [0.25, 0.3) is 0 Å². The number of hydrogen-bond acceptors (Lipinski definition) is 7. The quantitative estimate of drug-likeness (QED) is 0.587. The van der Waals surface area contributed by atoms with Crippen molar-refractivity contribution in [2.24, 2.45) is 0 Å². The highest BCUT2D eigenvalue weighted by molar-refractivity contribution is 5.90. The Morgan fingerprint density at radius 1 is 0.938 bits per heavy atom. The molecule has 164 valence electrons. The molecule has 9 heteroatoms. The first kappa shape index (κ1) is 21.3. The van der Waals surface area contributed by atoms with Crippen molar-refractivity contribution < 1.29 is 23.8 Å². The summed E-state index contributed by atoms with van der Waals surface area (Å²) >= 11 is 0. The molecule has 2 heterocycles. The minimum Gasteiger partial charge on any atom is -0.459 e. The molecule has 1 aliphatic heterocycles. The van der Waals surface area contributed by atoms with E-state index in [1.807, 2.05) is 0 Å². The van der Waals surface area contributed by atoms with Crippen LogP contribution in [0.1, 0.15) is 33.4 Å². The number of nitrogens with one attached hydrogen (secondary N) is 1. The summed E-state index contributed by atoms with van der Waals surface area (Å²) in [4.78, 5) is 50.6. The number of carbonyl (C=O) groups excluding carboxylic acids is 2. The first-order chi connectivity index (χ1) is 15.5. The van der Waals surface area contributed by atoms with Gasteiger partial charge in [0, 0.05) is 18.7 Å². The molecule has 0 saturated carbocycles. The highest BCUT2D eigenvalue weighted by Crippen LogP contribution is 2.30. The summed E-state index contributed by atoms with van der Waals surface area (Å²) in [7, 11) is 0. The maximum absolute atomic E-state index is 12.6. The standard InChI is InChI=1S/C23H20N2O7/c26-19-11-12-25(23(29)24-19)20-13-17(32-22(28)16-9-5-2-6-10-16)18(31-20)14-30-21(27)15-7-3-1-4-8-15/h1-12,17-18,20H,13-14H2,(H,24,26,29). The molecule has 3 aromatic rings. The molecule has 1 N–H and O–H groups in total. The molecule has 0 amide bonds. The average Bonchev–Trinajstić information content (AvgIpc) is 3.20. The predicted octanol–water partition coefficient (Wildman–Crippen LogP) is 1.91. The number of hydrogen-bond donors (Lipinski definition) is 1. The zero-order chi connectivity index (χ0) is 22.5. The number of nitrogens with zero attached hydrogens (tertiary/aromatic N) is 1. The van der Waals surface area contributed by atoms with E-state index in [-0.39, 0.29) is 13.0 Å². The number of aromatic amines is 1. The lowest BCUT2D eigenvalue weighted by Crippen LogP contribution is -2.32. The summed E-state index contributed by atoms with van der Waals surface area (Å²) in [5, 5.41) is 0. The van der Waals surface area contributed by atoms with Gasteiger partial charge in [-0.15, -0.1) is 0 Å². The third-order valence-electron chi connectivity index (χ3n) is 5.00. The summed E-state index contributed by atoms with van der Waals surface area (Å²) in [5.41, 5.74) is -0.462. The molecule has 1 aromatic heterocycles. The van der Waals surface area contributed by atoms with Gasteiger partial charge < -0.3 is 14.2 Å². The molecule has 1 saturated heterocycles. The summed E-state index contributed by atoms with van der Waals surface area (Å²) in [5.74, 6) is -1.11. The number of ether oxygens (including phenoxy) is 3. The van der Waals surface area contributed by atoms with E-state index in [2.05, 4.69) is 4.98 Å². The molecule has 0 radical (unpaired) electrons. The van der Waals surface area contributed by atoms with E-state index in [0.717, 1.165) is 0 Å². The monoisotopic (exact) mass is 436 g/mol. The zero-order valence-electron chi connectivity index (χ0n) is 16.9. The van der Waals surface area contributed by atoms with Gasteiger partial charge in [0.2, 0.25) is 0 Å². The van der Waals surface area contributed by atoms with Crippen molar-refractivity contribution in [3.63, 3.8) is 0 Å². The third kappa shape index (κ3) is 4.84. The fourth-order valence-corrected chi connectivity index (χ4v) is 3.39. The van der Waals surface area contributed by atoms with E-state index in [4.69, 9.17) is 14.2 Å². The Balaban J connectivity index is 1.51. The lowest BCUT2D eigenvalue weighted by molar-refractivity contribution is -0.0582. The summed E-state index contributed by atoms with van der Waals surface area (Å²) in [6.45, 7) is -0.185. The van der Waals surface area contributed by atoms with Gasteiger partial charge in [0.15, 0.2) is 0 Å². The van der Waals surface area contributed by atoms with Crippen molar-refractivity contribution in [2.45, 2.75) is 24.9 Å². The van der Waals surface area contributed by atoms with Gasteiger partial charge >= 0.3 is 17.6 Å². The Kier molecular flexibility index (Phi) is 6.27. The summed E-state index contributed by atoms with van der Waals surface area (Å²) in [6, 6.07) is 18.1. The third-order valence-corrected chi connectivity index (χ3v) is 5.00. The average molecular weight is 436 g/mol. The van der Waals surface area contributed by atoms with Crippen molar-refractivity contribution in [2.75, 3.05) is 6.61 Å². The van der Waals surface area contributed by atoms with Gasteiger partial charge in [-0.1, -0.05) is 36.4 Å². The highest BCUT2D eigenvalue weighted by Gasteiger charge is 2.40. The van der Waals surface area contributed by atoms with E-state index in [9.17, 15) is 19.2 Å². The van der Waals surface area contributed by atoms with Gasteiger partial charge in [0.05, 0.1) is 11.1 Å². The van der Waals surface area contributed by atoms with Crippen LogP contribution in [-0.2, 0) is 14.2 Å². The second kappa shape index (κ2) is 9.44. The van der Waals surface area contributed by atoms with E-state index in [1.54, 1.807) is 60.7 Å². The Morgan fingerprint density at radius 2 is 1.56 bits per heavy atom. The predicted molar refractivity (Wildman–Crippen MR) is 112 cm³/mol. The van der Waals surface area contributed by atoms with Crippen LogP contribution in [-0.4, -0.2) is 40.3 Å². The van der Waals surface area contributed by atoms with Crippen molar-refractivity contribution in [3.05, 3.63) is 105 Å². The van der Waals surface area contributed by atoms with Crippen molar-refractivity contribution in [3.8, 4) is 0 Å². The van der Waals surface area contributed by atoms with Crippen LogP contribution in [0.15, 0.2) is 82.5 Å². The van der Waals surface area contributed by atoms with Crippen molar-refractivity contribution in [1.82, 2.24) is 9.55 Å². The maximum atomic E-state index is 12.6. The Morgan fingerprint density at radius 3 is 2.19 bits per heavy atom. The molecule has 9 nitrogen and oxygen atoms in total. The Labute approximate surface area is 182 Å². The molecule has 0 spiro atoms. The van der Waals surface area contributed by atoms with Crippen LogP contribution in [0.5, 0.6) is 0 Å². The molecule has 3 unspecified atom stereocenters. The van der Waals surface area contributed by atoms with Gasteiger partial charge in [-0.3, -0.25) is 14.3 Å². The van der Waals surface area contributed by atoms with Crippen LogP contribution < -0.4 is 11.2 Å². The number of aromatic nitrogens is 2. The first-order valence-corrected chi connectivity index (χ1v) is 9.96. The maximum Gasteiger partial charge on any atom is 0.338 e. The van der Waals surface area contributed by atoms with Gasteiger partial charge in [0.25, 0.3) is 5.56 Å². The van der Waals surface area contributed by atoms with E-state index in [0.29, 0.717) is 11.1 Å². The number of rotatable bonds is 6. The van der Waals surface area contributed by atoms with Gasteiger partial charge in [-0.2, -0.15) is 0 Å². The molecular formula is C23H20N2O7. The second-order valence-corrected chi connectivity index (χ2v) is 7.16. The van der Waals surface area contributed by atoms with Crippen LogP contribution >= 0.6 is 0 Å². The normalized spacial score (nSPS) is 19.9. The van der Waals surface area contributed by atoms with Gasteiger partial charge in [0.1, 0.15) is 25.0 Å². The molecular weight excluding hydrogens is 416 g/mol. The van der Waals surface area contributed by atoms with Crippen LogP contribution in [0.2, 0.25) is 0 Å². The largest absolute Gasteiger partial charge is 0.459 e. The molecule has 0 bridgehead atoms. The molecule has 4 rings (SSSR count). The number of benzene rings is 2. The molecule has 3 atom stereocenters. The van der Waals surface area contributed by atoms with E-state index >= 15 is 0 Å². The van der Waals surface area contributed by atoms with Gasteiger partial charge in [-0.25, -0.2) is 14.4 Å². The van der Waals surface area contributed by atoms with E-state index < -0.39 is 41.6 Å². The molecule has 0 aliphatic carbocycles. The van der Waals surface area contributed by atoms with E-state index in [1.165, 1.54) is 16.8 Å². The Bertz CT molecular complexity index is 1200. The lowest BCUT2D eigenvalue weighted by Gasteiger charge is -2.19. The summed E-state index contributed by atoms with van der Waals surface area (Å²) in [6.07, 6.45) is -0.958. The molecule has 32 heavy (non-hydrogen) atoms. The first-order valence-electron chi connectivity index (χ1n) is 9.96. The number of carbonyl (C=O) groups is 2. The number of esters is 2. The fraction of sp³-hybridized carbons (Fsp3) is 0.217. The summed E-state index contributed by atoms with van der Waals surface area (Å²) < 4.78 is 18.1. The van der Waals surface area contributed by atoms with Crippen molar-refractivity contribution in [1.29, 1.82) is 0 Å².